The maximum absolute atomic E-state index is 11.9. The topological polar surface area (TPSA) is 75.6 Å². The molecule has 126 valence electrons. The van der Waals surface area contributed by atoms with E-state index in [1.807, 2.05) is 6.92 Å². The summed E-state index contributed by atoms with van der Waals surface area (Å²) in [6, 6.07) is 1.72. The van der Waals surface area contributed by atoms with Crippen LogP contribution in [0.5, 0.6) is 0 Å². The highest BCUT2D eigenvalue weighted by Gasteiger charge is 2.32. The number of thiocarbonyl (C=S) groups is 1. The largest absolute Gasteiger partial charge is 0.477 e. The van der Waals surface area contributed by atoms with Gasteiger partial charge in [0.05, 0.1) is 11.6 Å². The average Bonchev–Trinajstić information content (AvgIpc) is 2.88. The van der Waals surface area contributed by atoms with Gasteiger partial charge in [-0.15, -0.1) is 11.3 Å². The normalized spacial score (nSPS) is 20.9. The third-order valence-electron chi connectivity index (χ3n) is 4.03. The van der Waals surface area contributed by atoms with Gasteiger partial charge in [-0.2, -0.15) is 0 Å². The summed E-state index contributed by atoms with van der Waals surface area (Å²) in [6.07, 6.45) is 2.41. The fourth-order valence-electron chi connectivity index (χ4n) is 2.77. The highest BCUT2D eigenvalue weighted by atomic mass is 32.1. The second kappa shape index (κ2) is 7.88. The lowest BCUT2D eigenvalue weighted by atomic mass is 9.87. The fourth-order valence-corrected chi connectivity index (χ4v) is 4.07. The Bertz CT molecular complexity index is 611. The molecule has 1 aliphatic rings. The molecule has 0 radical (unpaired) electrons. The van der Waals surface area contributed by atoms with E-state index in [2.05, 4.69) is 5.32 Å². The number of hydrogen-bond acceptors (Lipinski definition) is 5. The van der Waals surface area contributed by atoms with Crippen LogP contribution in [-0.2, 0) is 16.0 Å². The van der Waals surface area contributed by atoms with Crippen LogP contribution in [0.1, 0.15) is 39.9 Å². The number of carbonyl (C=O) groups excluding carboxylic acids is 1. The lowest BCUT2D eigenvalue weighted by molar-refractivity contribution is -0.146. The van der Waals surface area contributed by atoms with Crippen molar-refractivity contribution in [2.45, 2.75) is 33.1 Å². The SMILES string of the molecule is CCOC(=O)C1C[C@H](CCc2sc(C(=O)O)cc2C)CNC1=S. The molecule has 0 amide bonds. The van der Waals surface area contributed by atoms with Gasteiger partial charge in [0.15, 0.2) is 0 Å². The van der Waals surface area contributed by atoms with Gasteiger partial charge in [0, 0.05) is 11.4 Å². The molecule has 1 unspecified atom stereocenters. The molecule has 2 rings (SSSR count). The molecule has 0 bridgehead atoms. The number of rotatable bonds is 6. The van der Waals surface area contributed by atoms with E-state index in [0.29, 0.717) is 28.8 Å². The summed E-state index contributed by atoms with van der Waals surface area (Å²) in [5.74, 6) is -1.17. The van der Waals surface area contributed by atoms with Crippen molar-refractivity contribution in [3.05, 3.63) is 21.4 Å². The monoisotopic (exact) mass is 355 g/mol. The Morgan fingerprint density at radius 1 is 1.52 bits per heavy atom. The van der Waals surface area contributed by atoms with Crippen LogP contribution in [0.2, 0.25) is 0 Å². The molecular weight excluding hydrogens is 334 g/mol. The van der Waals surface area contributed by atoms with Crippen molar-refractivity contribution in [2.75, 3.05) is 13.2 Å². The van der Waals surface area contributed by atoms with E-state index in [9.17, 15) is 9.59 Å². The Morgan fingerprint density at radius 2 is 2.26 bits per heavy atom. The quantitative estimate of drug-likeness (QED) is 0.604. The van der Waals surface area contributed by atoms with Gasteiger partial charge in [-0.05, 0) is 50.7 Å². The molecule has 1 fully saturated rings. The molecule has 0 aliphatic carbocycles. The van der Waals surface area contributed by atoms with E-state index in [1.165, 1.54) is 11.3 Å². The second-order valence-electron chi connectivity index (χ2n) is 5.71. The summed E-state index contributed by atoms with van der Waals surface area (Å²) in [5.41, 5.74) is 1.02. The first-order chi connectivity index (χ1) is 10.9. The molecule has 2 N–H and O–H groups in total. The van der Waals surface area contributed by atoms with Crippen LogP contribution in [0.3, 0.4) is 0 Å². The number of esters is 1. The molecule has 0 saturated carbocycles. The first-order valence-electron chi connectivity index (χ1n) is 7.69. The predicted molar refractivity (Wildman–Crippen MR) is 93.2 cm³/mol. The minimum atomic E-state index is -0.878. The summed E-state index contributed by atoms with van der Waals surface area (Å²) in [4.78, 5) is 25.0. The Kier molecular flexibility index (Phi) is 6.12. The zero-order valence-corrected chi connectivity index (χ0v) is 14.9. The molecule has 5 nitrogen and oxygen atoms in total. The first-order valence-corrected chi connectivity index (χ1v) is 8.91. The average molecular weight is 355 g/mol. The second-order valence-corrected chi connectivity index (χ2v) is 7.29. The van der Waals surface area contributed by atoms with E-state index in [0.717, 1.165) is 29.8 Å². The number of aromatic carboxylic acids is 1. The van der Waals surface area contributed by atoms with Gasteiger partial charge >= 0.3 is 11.9 Å². The van der Waals surface area contributed by atoms with Crippen LogP contribution < -0.4 is 5.32 Å². The fraction of sp³-hybridized carbons (Fsp3) is 0.562. The number of nitrogens with one attached hydrogen (secondary N) is 1. The minimum Gasteiger partial charge on any atom is -0.477 e. The number of aryl methyl sites for hydroxylation is 2. The van der Waals surface area contributed by atoms with Crippen molar-refractivity contribution in [3.63, 3.8) is 0 Å². The lowest BCUT2D eigenvalue weighted by Gasteiger charge is -2.29. The van der Waals surface area contributed by atoms with Crippen molar-refractivity contribution >= 4 is 40.5 Å². The molecule has 2 atom stereocenters. The highest BCUT2D eigenvalue weighted by molar-refractivity contribution is 7.80. The summed E-state index contributed by atoms with van der Waals surface area (Å²) in [7, 11) is 0. The minimum absolute atomic E-state index is 0.254. The van der Waals surface area contributed by atoms with Crippen LogP contribution in [-0.4, -0.2) is 35.2 Å². The summed E-state index contributed by atoms with van der Waals surface area (Å²) in [6.45, 7) is 4.84. The van der Waals surface area contributed by atoms with E-state index in [-0.39, 0.29) is 11.9 Å². The maximum atomic E-state index is 11.9. The molecule has 7 heteroatoms. The zero-order chi connectivity index (χ0) is 17.0. The third-order valence-corrected chi connectivity index (χ3v) is 5.75. The molecule has 23 heavy (non-hydrogen) atoms. The Balaban J connectivity index is 1.94. The Labute approximate surface area is 145 Å². The summed E-state index contributed by atoms with van der Waals surface area (Å²) in [5, 5.41) is 12.2. The predicted octanol–water partition coefficient (Wildman–Crippen LogP) is 2.80. The molecule has 1 aliphatic heterocycles. The van der Waals surface area contributed by atoms with Gasteiger partial charge in [0.2, 0.25) is 0 Å². The van der Waals surface area contributed by atoms with Gasteiger partial charge in [-0.25, -0.2) is 4.79 Å². The van der Waals surface area contributed by atoms with Crippen molar-refractivity contribution in [1.82, 2.24) is 5.32 Å². The number of hydrogen-bond donors (Lipinski definition) is 2. The standard InChI is InChI=1S/C16H21NO4S2/c1-3-21-16(20)11-7-10(8-17-14(11)22)4-5-12-9(2)6-13(23-12)15(18)19/h6,10-11H,3-5,7-8H2,1-2H3,(H,17,22)(H,18,19)/t10-,11?/m0/s1. The lowest BCUT2D eigenvalue weighted by Crippen LogP contribution is -2.44. The van der Waals surface area contributed by atoms with Gasteiger partial charge in [0.1, 0.15) is 10.8 Å². The maximum Gasteiger partial charge on any atom is 0.345 e. The highest BCUT2D eigenvalue weighted by Crippen LogP contribution is 2.28. The number of piperidine rings is 1. The smallest absolute Gasteiger partial charge is 0.345 e. The van der Waals surface area contributed by atoms with Crippen LogP contribution in [0.4, 0.5) is 0 Å². The van der Waals surface area contributed by atoms with Gasteiger partial charge in [-0.3, -0.25) is 4.79 Å². The molecule has 1 aromatic heterocycles. The number of thiophene rings is 1. The Morgan fingerprint density at radius 3 is 2.87 bits per heavy atom. The zero-order valence-electron chi connectivity index (χ0n) is 13.3. The number of carboxylic acids is 1. The number of ether oxygens (including phenoxy) is 1. The van der Waals surface area contributed by atoms with Crippen LogP contribution in [0.25, 0.3) is 0 Å². The summed E-state index contributed by atoms with van der Waals surface area (Å²) >= 11 is 6.56. The van der Waals surface area contributed by atoms with Gasteiger partial charge < -0.3 is 15.2 Å². The molecule has 2 heterocycles. The van der Waals surface area contributed by atoms with E-state index < -0.39 is 5.97 Å². The molecule has 0 spiro atoms. The Hall–Kier alpha value is -1.47. The van der Waals surface area contributed by atoms with Crippen molar-refractivity contribution in [1.29, 1.82) is 0 Å². The van der Waals surface area contributed by atoms with E-state index in [4.69, 9.17) is 22.1 Å². The van der Waals surface area contributed by atoms with Crippen molar-refractivity contribution in [2.24, 2.45) is 11.8 Å². The van der Waals surface area contributed by atoms with Crippen LogP contribution in [0.15, 0.2) is 6.07 Å². The van der Waals surface area contributed by atoms with Crippen LogP contribution >= 0.6 is 23.6 Å². The van der Waals surface area contributed by atoms with Crippen molar-refractivity contribution < 1.29 is 19.4 Å². The molecule has 1 aromatic rings. The first kappa shape index (κ1) is 17.9. The number of carbonyl (C=O) groups is 2. The third kappa shape index (κ3) is 4.51. The van der Waals surface area contributed by atoms with Gasteiger partial charge in [-0.1, -0.05) is 12.2 Å². The number of carboxylic acid groups (broad SMARTS) is 1. The van der Waals surface area contributed by atoms with E-state index >= 15 is 0 Å². The molecule has 0 aromatic carbocycles. The van der Waals surface area contributed by atoms with E-state index in [1.54, 1.807) is 13.0 Å². The summed E-state index contributed by atoms with van der Waals surface area (Å²) < 4.78 is 5.08. The molecular formula is C16H21NO4S2. The van der Waals surface area contributed by atoms with Gasteiger partial charge in [0.25, 0.3) is 0 Å². The van der Waals surface area contributed by atoms with Crippen LogP contribution in [0, 0.1) is 18.8 Å². The van der Waals surface area contributed by atoms with Crippen molar-refractivity contribution in [3.8, 4) is 0 Å². The molecule has 1 saturated heterocycles.